The molecule has 1 fully saturated rings. The van der Waals surface area contributed by atoms with Crippen molar-refractivity contribution in [2.75, 3.05) is 27.4 Å². The standard InChI is InChI=1S/C26H31NO6/c1-5-7-8-14-27-23(17-10-9-11-19(15-17)33-6-2)22(25(29)26(27)30)24(28)20-13-12-18(31-3)16-21(20)32-4/h9-13,15-16,23,28H,5-8,14H2,1-4H3/b24-22-. The highest BCUT2D eigenvalue weighted by molar-refractivity contribution is 6.46. The largest absolute Gasteiger partial charge is 0.507 e. The van der Waals surface area contributed by atoms with Gasteiger partial charge < -0.3 is 24.2 Å². The van der Waals surface area contributed by atoms with Crippen molar-refractivity contribution in [3.63, 3.8) is 0 Å². The number of nitrogens with zero attached hydrogens (tertiary/aromatic N) is 1. The van der Waals surface area contributed by atoms with Gasteiger partial charge in [0.05, 0.1) is 38.0 Å². The first-order valence-electron chi connectivity index (χ1n) is 11.2. The molecule has 2 aromatic carbocycles. The molecule has 0 spiro atoms. The maximum Gasteiger partial charge on any atom is 0.295 e. The van der Waals surface area contributed by atoms with Crippen LogP contribution in [0, 0.1) is 0 Å². The van der Waals surface area contributed by atoms with Gasteiger partial charge in [0.2, 0.25) is 0 Å². The quantitative estimate of drug-likeness (QED) is 0.243. The average Bonchev–Trinajstić information content (AvgIpc) is 3.08. The molecule has 33 heavy (non-hydrogen) atoms. The lowest BCUT2D eigenvalue weighted by molar-refractivity contribution is -0.139. The molecular formula is C26H31NO6. The average molecular weight is 454 g/mol. The van der Waals surface area contributed by atoms with Crippen LogP contribution in [0.25, 0.3) is 5.76 Å². The zero-order chi connectivity index (χ0) is 24.0. The molecule has 1 aliphatic rings. The first-order chi connectivity index (χ1) is 16.0. The molecule has 1 atom stereocenters. The van der Waals surface area contributed by atoms with Crippen LogP contribution in [0.15, 0.2) is 48.0 Å². The maximum absolute atomic E-state index is 13.2. The Kier molecular flexibility index (Phi) is 7.98. The van der Waals surface area contributed by atoms with Crippen LogP contribution in [0.1, 0.15) is 50.3 Å². The number of aliphatic hydroxyl groups is 1. The lowest BCUT2D eigenvalue weighted by Crippen LogP contribution is -2.30. The zero-order valence-corrected chi connectivity index (χ0v) is 19.6. The van der Waals surface area contributed by atoms with Crippen LogP contribution >= 0.6 is 0 Å². The number of likely N-dealkylation sites (tertiary alicyclic amines) is 1. The number of aliphatic hydroxyl groups excluding tert-OH is 1. The Bertz CT molecular complexity index is 1040. The molecule has 0 bridgehead atoms. The minimum atomic E-state index is -0.728. The van der Waals surface area contributed by atoms with Crippen LogP contribution in [0.4, 0.5) is 0 Å². The van der Waals surface area contributed by atoms with Gasteiger partial charge in [0.25, 0.3) is 11.7 Å². The molecule has 176 valence electrons. The minimum absolute atomic E-state index is 0.0358. The smallest absolute Gasteiger partial charge is 0.295 e. The molecular weight excluding hydrogens is 422 g/mol. The Morgan fingerprint density at radius 1 is 1.00 bits per heavy atom. The highest BCUT2D eigenvalue weighted by Crippen LogP contribution is 2.42. The number of ether oxygens (including phenoxy) is 3. The van der Waals surface area contributed by atoms with Gasteiger partial charge in [-0.1, -0.05) is 31.9 Å². The molecule has 1 saturated heterocycles. The summed E-state index contributed by atoms with van der Waals surface area (Å²) in [5.41, 5.74) is 1.05. The van der Waals surface area contributed by atoms with E-state index in [0.717, 1.165) is 19.3 Å². The van der Waals surface area contributed by atoms with Gasteiger partial charge in [-0.25, -0.2) is 0 Å². The number of Topliss-reactive ketones (excluding diaryl/α,β-unsaturated/α-hetero) is 1. The number of hydrogen-bond donors (Lipinski definition) is 1. The van der Waals surface area contributed by atoms with Gasteiger partial charge in [-0.15, -0.1) is 0 Å². The summed E-state index contributed by atoms with van der Waals surface area (Å²) in [7, 11) is 3.00. The first-order valence-corrected chi connectivity index (χ1v) is 11.2. The Morgan fingerprint density at radius 3 is 2.45 bits per heavy atom. The number of hydrogen-bond acceptors (Lipinski definition) is 6. The van der Waals surface area contributed by atoms with Crippen molar-refractivity contribution < 1.29 is 28.9 Å². The van der Waals surface area contributed by atoms with Gasteiger partial charge in [0, 0.05) is 12.6 Å². The van der Waals surface area contributed by atoms with Gasteiger partial charge in [-0.05, 0) is 43.2 Å². The fourth-order valence-electron chi connectivity index (χ4n) is 4.07. The molecule has 0 aliphatic carbocycles. The summed E-state index contributed by atoms with van der Waals surface area (Å²) in [6.07, 6.45) is 2.68. The number of carbonyl (C=O) groups is 2. The second-order valence-corrected chi connectivity index (χ2v) is 7.77. The summed E-state index contributed by atoms with van der Waals surface area (Å²) in [4.78, 5) is 27.8. The molecule has 0 aromatic heterocycles. The Labute approximate surface area is 194 Å². The van der Waals surface area contributed by atoms with E-state index < -0.39 is 17.7 Å². The van der Waals surface area contributed by atoms with Gasteiger partial charge >= 0.3 is 0 Å². The fraction of sp³-hybridized carbons (Fsp3) is 0.385. The summed E-state index contributed by atoms with van der Waals surface area (Å²) in [6, 6.07) is 11.5. The van der Waals surface area contributed by atoms with Crippen molar-refractivity contribution in [1.29, 1.82) is 0 Å². The Balaban J connectivity index is 2.17. The molecule has 0 saturated carbocycles. The second kappa shape index (κ2) is 10.9. The molecule has 3 rings (SSSR count). The molecule has 1 amide bonds. The molecule has 1 heterocycles. The number of unbranched alkanes of at least 4 members (excludes halogenated alkanes) is 2. The van der Waals surface area contributed by atoms with Crippen molar-refractivity contribution in [3.8, 4) is 17.2 Å². The monoisotopic (exact) mass is 453 g/mol. The second-order valence-electron chi connectivity index (χ2n) is 7.77. The maximum atomic E-state index is 13.2. The number of rotatable bonds is 10. The van der Waals surface area contributed by atoms with Crippen LogP contribution in [0.2, 0.25) is 0 Å². The number of benzene rings is 2. The van der Waals surface area contributed by atoms with Crippen LogP contribution in [0.5, 0.6) is 17.2 Å². The van der Waals surface area contributed by atoms with Crippen LogP contribution in [0.3, 0.4) is 0 Å². The molecule has 0 radical (unpaired) electrons. The SMILES string of the molecule is CCCCCN1C(=O)C(=O)/C(=C(\O)c2ccc(OC)cc2OC)C1c1cccc(OCC)c1. The van der Waals surface area contributed by atoms with Gasteiger partial charge in [0.15, 0.2) is 0 Å². The fourth-order valence-corrected chi connectivity index (χ4v) is 4.07. The topological polar surface area (TPSA) is 85.3 Å². The van der Waals surface area contributed by atoms with E-state index in [2.05, 4.69) is 6.92 Å². The summed E-state index contributed by atoms with van der Waals surface area (Å²) in [5, 5.41) is 11.3. The van der Waals surface area contributed by atoms with Crippen LogP contribution < -0.4 is 14.2 Å². The van der Waals surface area contributed by atoms with E-state index in [-0.39, 0.29) is 11.3 Å². The summed E-state index contributed by atoms with van der Waals surface area (Å²) < 4.78 is 16.3. The lowest BCUT2D eigenvalue weighted by Gasteiger charge is -2.26. The lowest BCUT2D eigenvalue weighted by atomic mass is 9.94. The predicted octanol–water partition coefficient (Wildman–Crippen LogP) is 4.71. The normalized spacial score (nSPS) is 17.3. The van der Waals surface area contributed by atoms with E-state index in [0.29, 0.717) is 41.5 Å². The summed E-state index contributed by atoms with van der Waals surface area (Å²) in [5.74, 6) is -0.0929. The molecule has 7 heteroatoms. The number of ketones is 1. The van der Waals surface area contributed by atoms with Crippen LogP contribution in [-0.2, 0) is 9.59 Å². The van der Waals surface area contributed by atoms with E-state index in [1.807, 2.05) is 31.2 Å². The van der Waals surface area contributed by atoms with E-state index >= 15 is 0 Å². The molecule has 1 unspecified atom stereocenters. The van der Waals surface area contributed by atoms with Crippen molar-refractivity contribution in [2.45, 2.75) is 39.2 Å². The number of methoxy groups -OCH3 is 2. The number of amides is 1. The molecule has 7 nitrogen and oxygen atoms in total. The van der Waals surface area contributed by atoms with E-state index in [1.54, 1.807) is 23.1 Å². The molecule has 1 N–H and O–H groups in total. The van der Waals surface area contributed by atoms with Crippen molar-refractivity contribution in [1.82, 2.24) is 4.90 Å². The van der Waals surface area contributed by atoms with Crippen molar-refractivity contribution in [2.24, 2.45) is 0 Å². The molecule has 1 aliphatic heterocycles. The Morgan fingerprint density at radius 2 is 1.79 bits per heavy atom. The van der Waals surface area contributed by atoms with Gasteiger partial charge in [-0.2, -0.15) is 0 Å². The Hall–Kier alpha value is -3.48. The summed E-state index contributed by atoms with van der Waals surface area (Å²) in [6.45, 7) is 4.87. The highest BCUT2D eigenvalue weighted by Gasteiger charge is 2.46. The van der Waals surface area contributed by atoms with Gasteiger partial charge in [0.1, 0.15) is 23.0 Å². The van der Waals surface area contributed by atoms with Crippen molar-refractivity contribution in [3.05, 3.63) is 59.2 Å². The third-order valence-electron chi connectivity index (χ3n) is 5.69. The number of carbonyl (C=O) groups excluding carboxylic acids is 2. The zero-order valence-electron chi connectivity index (χ0n) is 19.6. The highest BCUT2D eigenvalue weighted by atomic mass is 16.5. The predicted molar refractivity (Wildman–Crippen MR) is 126 cm³/mol. The summed E-state index contributed by atoms with van der Waals surface area (Å²) >= 11 is 0. The van der Waals surface area contributed by atoms with E-state index in [4.69, 9.17) is 14.2 Å². The van der Waals surface area contributed by atoms with Crippen molar-refractivity contribution >= 4 is 17.4 Å². The minimum Gasteiger partial charge on any atom is -0.507 e. The van der Waals surface area contributed by atoms with E-state index in [9.17, 15) is 14.7 Å². The first kappa shape index (κ1) is 24.2. The third-order valence-corrected chi connectivity index (χ3v) is 5.69. The third kappa shape index (κ3) is 4.97. The van der Waals surface area contributed by atoms with Gasteiger partial charge in [-0.3, -0.25) is 9.59 Å². The van der Waals surface area contributed by atoms with Crippen LogP contribution in [-0.4, -0.2) is 49.1 Å². The molecule has 2 aromatic rings. The van der Waals surface area contributed by atoms with E-state index in [1.165, 1.54) is 14.2 Å².